The van der Waals surface area contributed by atoms with Crippen LogP contribution in [-0.2, 0) is 0 Å². The van der Waals surface area contributed by atoms with Gasteiger partial charge in [-0.15, -0.1) is 11.3 Å². The van der Waals surface area contributed by atoms with Crippen LogP contribution in [0.4, 0.5) is 0 Å². The molecular weight excluding hydrogens is 314 g/mol. The average molecular weight is 330 g/mol. The van der Waals surface area contributed by atoms with Crippen molar-refractivity contribution in [2.24, 2.45) is 4.99 Å². The Morgan fingerprint density at radius 2 is 2.09 bits per heavy atom. The van der Waals surface area contributed by atoms with E-state index < -0.39 is 0 Å². The molecule has 1 aliphatic rings. The van der Waals surface area contributed by atoms with E-state index in [1.807, 2.05) is 29.5 Å². The van der Waals surface area contributed by atoms with Gasteiger partial charge in [-0.1, -0.05) is 11.6 Å². The minimum absolute atomic E-state index is 0.746. The maximum Gasteiger partial charge on any atom is 0.131 e. The smallest absolute Gasteiger partial charge is 0.131 e. The number of aromatic nitrogens is 1. The Bertz CT molecular complexity index is 904. The molecule has 5 heteroatoms. The third-order valence-electron chi connectivity index (χ3n) is 3.98. The molecule has 0 bridgehead atoms. The Labute approximate surface area is 138 Å². The fraction of sp³-hybridized carbons (Fsp3) is 0.235. The zero-order valence-corrected chi connectivity index (χ0v) is 14.0. The van der Waals surface area contributed by atoms with Crippen molar-refractivity contribution in [1.29, 1.82) is 0 Å². The summed E-state index contributed by atoms with van der Waals surface area (Å²) in [5.74, 6) is 0.965. The predicted molar refractivity (Wildman–Crippen MR) is 95.5 cm³/mol. The Morgan fingerprint density at radius 3 is 2.77 bits per heavy atom. The first-order chi connectivity index (χ1) is 10.6. The van der Waals surface area contributed by atoms with E-state index >= 15 is 0 Å². The summed E-state index contributed by atoms with van der Waals surface area (Å²) < 4.78 is 0. The van der Waals surface area contributed by atoms with Gasteiger partial charge in [0.25, 0.3) is 0 Å². The Balaban J connectivity index is 2.05. The van der Waals surface area contributed by atoms with Gasteiger partial charge in [-0.2, -0.15) is 0 Å². The van der Waals surface area contributed by atoms with Crippen molar-refractivity contribution < 1.29 is 0 Å². The van der Waals surface area contributed by atoms with Gasteiger partial charge < -0.3 is 10.3 Å². The van der Waals surface area contributed by atoms with Crippen molar-refractivity contribution in [2.45, 2.75) is 13.8 Å². The van der Waals surface area contributed by atoms with Crippen LogP contribution in [0.2, 0.25) is 5.02 Å². The van der Waals surface area contributed by atoms with Gasteiger partial charge in [0.1, 0.15) is 5.84 Å². The first kappa shape index (κ1) is 13.9. The van der Waals surface area contributed by atoms with Crippen LogP contribution >= 0.6 is 22.9 Å². The van der Waals surface area contributed by atoms with Crippen molar-refractivity contribution in [3.05, 3.63) is 44.6 Å². The molecule has 2 N–H and O–H groups in total. The lowest BCUT2D eigenvalue weighted by Gasteiger charge is -2.06. The van der Waals surface area contributed by atoms with Crippen LogP contribution in [0, 0.1) is 13.8 Å². The molecule has 1 aliphatic heterocycles. The molecule has 0 saturated carbocycles. The molecule has 0 unspecified atom stereocenters. The van der Waals surface area contributed by atoms with E-state index in [0.717, 1.165) is 46.1 Å². The molecule has 112 valence electrons. The van der Waals surface area contributed by atoms with Crippen molar-refractivity contribution in [3.63, 3.8) is 0 Å². The quantitative estimate of drug-likeness (QED) is 0.713. The van der Waals surface area contributed by atoms with E-state index in [-0.39, 0.29) is 0 Å². The van der Waals surface area contributed by atoms with E-state index in [2.05, 4.69) is 35.2 Å². The predicted octanol–water partition coefficient (Wildman–Crippen LogP) is 4.52. The molecule has 0 fully saturated rings. The summed E-state index contributed by atoms with van der Waals surface area (Å²) in [6.45, 7) is 6.03. The van der Waals surface area contributed by atoms with E-state index in [1.54, 1.807) is 0 Å². The summed E-state index contributed by atoms with van der Waals surface area (Å²) in [5, 5.41) is 5.27. The molecule has 0 atom stereocenters. The van der Waals surface area contributed by atoms with Crippen LogP contribution in [0.1, 0.15) is 15.3 Å². The van der Waals surface area contributed by atoms with Gasteiger partial charge in [-0.05, 0) is 38.1 Å². The normalized spacial score (nSPS) is 14.4. The van der Waals surface area contributed by atoms with Crippen molar-refractivity contribution in [3.8, 4) is 11.3 Å². The molecule has 3 aromatic rings. The number of hydrogen-bond donors (Lipinski definition) is 2. The van der Waals surface area contributed by atoms with Crippen LogP contribution in [0.25, 0.3) is 22.2 Å². The molecule has 3 nitrogen and oxygen atoms in total. The molecule has 1 aromatic carbocycles. The third-order valence-corrected chi connectivity index (χ3v) is 5.18. The fourth-order valence-corrected chi connectivity index (χ4v) is 4.16. The number of nitrogens with one attached hydrogen (secondary N) is 2. The number of nitrogens with zero attached hydrogens (tertiary/aromatic N) is 1. The average Bonchev–Trinajstić information content (AvgIpc) is 3.16. The second-order valence-corrected chi connectivity index (χ2v) is 7.45. The van der Waals surface area contributed by atoms with Gasteiger partial charge in [0.05, 0.1) is 12.2 Å². The maximum atomic E-state index is 6.22. The van der Waals surface area contributed by atoms with Crippen molar-refractivity contribution in [2.75, 3.05) is 13.1 Å². The lowest BCUT2D eigenvalue weighted by Crippen LogP contribution is -2.19. The highest BCUT2D eigenvalue weighted by atomic mass is 35.5. The zero-order valence-electron chi connectivity index (χ0n) is 12.5. The summed E-state index contributed by atoms with van der Waals surface area (Å²) in [5.41, 5.74) is 4.61. The van der Waals surface area contributed by atoms with Crippen LogP contribution in [0.3, 0.4) is 0 Å². The van der Waals surface area contributed by atoms with Gasteiger partial charge in [0, 0.05) is 43.4 Å². The SMILES string of the molecule is Cc1cc(-c2[nH]c3ccc(Cl)cc3c2C2=NCCN2)c(C)s1. The fourth-order valence-electron chi connectivity index (χ4n) is 3.06. The lowest BCUT2D eigenvalue weighted by atomic mass is 10.0. The highest BCUT2D eigenvalue weighted by Crippen LogP contribution is 2.37. The van der Waals surface area contributed by atoms with Gasteiger partial charge in [0.2, 0.25) is 0 Å². The second-order valence-electron chi connectivity index (χ2n) is 5.55. The number of thiophene rings is 1. The molecule has 22 heavy (non-hydrogen) atoms. The number of rotatable bonds is 2. The van der Waals surface area contributed by atoms with Gasteiger partial charge in [0.15, 0.2) is 0 Å². The number of fused-ring (bicyclic) bond motifs is 1. The van der Waals surface area contributed by atoms with Crippen LogP contribution in [0.15, 0.2) is 29.3 Å². The van der Waals surface area contributed by atoms with Crippen molar-refractivity contribution >= 4 is 39.7 Å². The Kier molecular flexibility index (Phi) is 3.24. The number of aromatic amines is 1. The maximum absolute atomic E-state index is 6.22. The number of H-pyrrole nitrogens is 1. The zero-order chi connectivity index (χ0) is 15.3. The summed E-state index contributed by atoms with van der Waals surface area (Å²) in [6, 6.07) is 8.22. The number of halogens is 1. The van der Waals surface area contributed by atoms with Crippen LogP contribution in [-0.4, -0.2) is 23.9 Å². The molecule has 0 amide bonds. The lowest BCUT2D eigenvalue weighted by molar-refractivity contribution is 0.960. The highest BCUT2D eigenvalue weighted by Gasteiger charge is 2.21. The Hall–Kier alpha value is -1.78. The van der Waals surface area contributed by atoms with E-state index in [1.165, 1.54) is 15.3 Å². The van der Waals surface area contributed by atoms with E-state index in [4.69, 9.17) is 11.6 Å². The molecule has 0 radical (unpaired) electrons. The first-order valence-electron chi connectivity index (χ1n) is 7.31. The Morgan fingerprint density at radius 1 is 1.23 bits per heavy atom. The number of aliphatic imine (C=N–C) groups is 1. The molecule has 2 aromatic heterocycles. The number of amidine groups is 1. The third kappa shape index (κ3) is 2.14. The topological polar surface area (TPSA) is 40.2 Å². The van der Waals surface area contributed by atoms with Gasteiger partial charge in [-0.3, -0.25) is 4.99 Å². The van der Waals surface area contributed by atoms with Crippen molar-refractivity contribution in [1.82, 2.24) is 10.3 Å². The molecule has 0 aliphatic carbocycles. The summed E-state index contributed by atoms with van der Waals surface area (Å²) in [7, 11) is 0. The van der Waals surface area contributed by atoms with Gasteiger partial charge >= 0.3 is 0 Å². The molecule has 0 saturated heterocycles. The van der Waals surface area contributed by atoms with Crippen LogP contribution in [0.5, 0.6) is 0 Å². The molecule has 4 rings (SSSR count). The number of benzene rings is 1. The number of aryl methyl sites for hydroxylation is 2. The van der Waals surface area contributed by atoms with E-state index in [9.17, 15) is 0 Å². The van der Waals surface area contributed by atoms with Gasteiger partial charge in [-0.25, -0.2) is 0 Å². The monoisotopic (exact) mass is 329 g/mol. The minimum Gasteiger partial charge on any atom is -0.368 e. The minimum atomic E-state index is 0.746. The summed E-state index contributed by atoms with van der Waals surface area (Å²) >= 11 is 8.04. The second kappa shape index (κ2) is 5.14. The largest absolute Gasteiger partial charge is 0.368 e. The number of hydrogen-bond acceptors (Lipinski definition) is 3. The van der Waals surface area contributed by atoms with E-state index in [0.29, 0.717) is 0 Å². The van der Waals surface area contributed by atoms with Crippen LogP contribution < -0.4 is 5.32 Å². The first-order valence-corrected chi connectivity index (χ1v) is 8.50. The molecule has 0 spiro atoms. The summed E-state index contributed by atoms with van der Waals surface area (Å²) in [6.07, 6.45) is 0. The standard InChI is InChI=1S/C17H16ClN3S/c1-9-7-12(10(2)22-9)16-15(17-19-5-6-20-17)13-8-11(18)3-4-14(13)21-16/h3-4,7-8,21H,5-6H2,1-2H3,(H,19,20). The molecular formula is C17H16ClN3S. The highest BCUT2D eigenvalue weighted by molar-refractivity contribution is 7.12. The summed E-state index contributed by atoms with van der Waals surface area (Å²) in [4.78, 5) is 10.8. The molecule has 3 heterocycles.